The monoisotopic (exact) mass is 304 g/mol. The summed E-state index contributed by atoms with van der Waals surface area (Å²) in [4.78, 5) is 23.6. The van der Waals surface area contributed by atoms with Crippen LogP contribution in [0.15, 0.2) is 30.3 Å². The van der Waals surface area contributed by atoms with Gasteiger partial charge >= 0.3 is 11.8 Å². The van der Waals surface area contributed by atoms with Crippen LogP contribution in [0.2, 0.25) is 0 Å². The maximum atomic E-state index is 11.8. The molecule has 1 saturated heterocycles. The highest BCUT2D eigenvalue weighted by Gasteiger charge is 2.43. The molecule has 1 aliphatic heterocycles. The third-order valence-electron chi connectivity index (χ3n) is 4.01. The van der Waals surface area contributed by atoms with Gasteiger partial charge in [0.1, 0.15) is 6.10 Å². The Morgan fingerprint density at radius 3 is 2.59 bits per heavy atom. The SMILES string of the molecule is O=C(NC[C@H]1COC2(CCCC2)O1)C(=O)Nc1ccccc1. The van der Waals surface area contributed by atoms with E-state index in [1.54, 1.807) is 24.3 Å². The Bertz CT molecular complexity index is 540. The van der Waals surface area contributed by atoms with E-state index in [2.05, 4.69) is 10.6 Å². The average Bonchev–Trinajstić information content (AvgIpc) is 3.16. The van der Waals surface area contributed by atoms with Crippen LogP contribution in [0.1, 0.15) is 25.7 Å². The topological polar surface area (TPSA) is 76.7 Å². The molecule has 0 radical (unpaired) electrons. The molecule has 0 bridgehead atoms. The quantitative estimate of drug-likeness (QED) is 0.828. The number of nitrogens with one attached hydrogen (secondary N) is 2. The molecule has 22 heavy (non-hydrogen) atoms. The molecule has 1 atom stereocenters. The van der Waals surface area contributed by atoms with E-state index in [9.17, 15) is 9.59 Å². The summed E-state index contributed by atoms with van der Waals surface area (Å²) in [6.45, 7) is 0.739. The Kier molecular flexibility index (Phi) is 4.40. The molecule has 1 saturated carbocycles. The first-order valence-electron chi connectivity index (χ1n) is 7.63. The van der Waals surface area contributed by atoms with E-state index in [1.807, 2.05) is 6.07 Å². The third-order valence-corrected chi connectivity index (χ3v) is 4.01. The predicted octanol–water partition coefficient (Wildman–Crippen LogP) is 1.43. The van der Waals surface area contributed by atoms with Gasteiger partial charge in [0.05, 0.1) is 6.61 Å². The number of amides is 2. The number of hydrogen-bond donors (Lipinski definition) is 2. The molecular weight excluding hydrogens is 284 g/mol. The minimum atomic E-state index is -0.680. The van der Waals surface area contributed by atoms with Gasteiger partial charge in [0, 0.05) is 25.1 Å². The summed E-state index contributed by atoms with van der Waals surface area (Å²) in [5.74, 6) is -1.79. The molecule has 2 fully saturated rings. The van der Waals surface area contributed by atoms with Crippen LogP contribution < -0.4 is 10.6 Å². The van der Waals surface area contributed by atoms with Gasteiger partial charge in [-0.05, 0) is 25.0 Å². The van der Waals surface area contributed by atoms with Crippen LogP contribution in [0.25, 0.3) is 0 Å². The lowest BCUT2D eigenvalue weighted by molar-refractivity contribution is -0.161. The second kappa shape index (κ2) is 6.46. The van der Waals surface area contributed by atoms with E-state index in [0.717, 1.165) is 25.7 Å². The van der Waals surface area contributed by atoms with E-state index in [4.69, 9.17) is 9.47 Å². The smallest absolute Gasteiger partial charge is 0.313 e. The van der Waals surface area contributed by atoms with Gasteiger partial charge in [-0.2, -0.15) is 0 Å². The molecule has 6 nitrogen and oxygen atoms in total. The Labute approximate surface area is 129 Å². The molecule has 1 aromatic carbocycles. The van der Waals surface area contributed by atoms with E-state index in [-0.39, 0.29) is 12.6 Å². The maximum absolute atomic E-state index is 11.8. The van der Waals surface area contributed by atoms with Gasteiger partial charge < -0.3 is 20.1 Å². The number of anilines is 1. The normalized spacial score (nSPS) is 22.6. The van der Waals surface area contributed by atoms with Crippen molar-refractivity contribution in [2.45, 2.75) is 37.6 Å². The summed E-state index contributed by atoms with van der Waals surface area (Å²) in [6, 6.07) is 8.87. The zero-order valence-electron chi connectivity index (χ0n) is 12.3. The van der Waals surface area contributed by atoms with E-state index in [1.165, 1.54) is 0 Å². The van der Waals surface area contributed by atoms with Gasteiger partial charge in [-0.25, -0.2) is 0 Å². The number of hydrogen-bond acceptors (Lipinski definition) is 4. The number of rotatable bonds is 3. The van der Waals surface area contributed by atoms with Gasteiger partial charge in [0.2, 0.25) is 0 Å². The van der Waals surface area contributed by atoms with Crippen molar-refractivity contribution in [2.75, 3.05) is 18.5 Å². The maximum Gasteiger partial charge on any atom is 0.313 e. The lowest BCUT2D eigenvalue weighted by Gasteiger charge is -2.21. The Morgan fingerprint density at radius 1 is 1.14 bits per heavy atom. The largest absolute Gasteiger partial charge is 0.347 e. The van der Waals surface area contributed by atoms with Crippen LogP contribution in [0.3, 0.4) is 0 Å². The molecule has 1 aromatic rings. The van der Waals surface area contributed by atoms with Crippen LogP contribution in [0, 0.1) is 0 Å². The van der Waals surface area contributed by atoms with Crippen LogP contribution in [0.5, 0.6) is 0 Å². The van der Waals surface area contributed by atoms with Gasteiger partial charge in [-0.15, -0.1) is 0 Å². The summed E-state index contributed by atoms with van der Waals surface area (Å²) >= 11 is 0. The molecule has 0 aromatic heterocycles. The standard InChI is InChI=1S/C16H20N2O4/c19-14(15(20)18-12-6-2-1-3-7-12)17-10-13-11-21-16(22-13)8-4-5-9-16/h1-3,6-7,13H,4-5,8-11H2,(H,17,19)(H,18,20)/t13-/m0/s1. The zero-order valence-corrected chi connectivity index (χ0v) is 12.3. The fraction of sp³-hybridized carbons (Fsp3) is 0.500. The first-order valence-corrected chi connectivity index (χ1v) is 7.63. The highest BCUT2D eigenvalue weighted by atomic mass is 16.7. The van der Waals surface area contributed by atoms with E-state index >= 15 is 0 Å². The average molecular weight is 304 g/mol. The number of benzene rings is 1. The second-order valence-electron chi connectivity index (χ2n) is 5.70. The van der Waals surface area contributed by atoms with Crippen LogP contribution in [-0.4, -0.2) is 36.9 Å². The van der Waals surface area contributed by atoms with Crippen LogP contribution in [0.4, 0.5) is 5.69 Å². The third kappa shape index (κ3) is 3.45. The number of carbonyl (C=O) groups excluding carboxylic acids is 2. The van der Waals surface area contributed by atoms with E-state index < -0.39 is 17.6 Å². The number of ether oxygens (including phenoxy) is 2. The number of para-hydroxylation sites is 1. The first kappa shape index (κ1) is 15.0. The van der Waals surface area contributed by atoms with Gasteiger partial charge in [0.15, 0.2) is 5.79 Å². The Balaban J connectivity index is 1.43. The lowest BCUT2D eigenvalue weighted by Crippen LogP contribution is -2.40. The predicted molar refractivity (Wildman–Crippen MR) is 80.1 cm³/mol. The molecule has 2 amide bonds. The molecule has 1 aliphatic carbocycles. The van der Waals surface area contributed by atoms with Crippen molar-refractivity contribution in [3.63, 3.8) is 0 Å². The zero-order chi connectivity index (χ0) is 15.4. The minimum Gasteiger partial charge on any atom is -0.347 e. The molecular formula is C16H20N2O4. The van der Waals surface area contributed by atoms with Crippen molar-refractivity contribution >= 4 is 17.5 Å². The molecule has 2 aliphatic rings. The lowest BCUT2D eigenvalue weighted by atomic mass is 10.2. The van der Waals surface area contributed by atoms with Gasteiger partial charge in [-0.3, -0.25) is 9.59 Å². The van der Waals surface area contributed by atoms with Crippen molar-refractivity contribution in [1.29, 1.82) is 0 Å². The van der Waals surface area contributed by atoms with Crippen molar-refractivity contribution in [3.8, 4) is 0 Å². The molecule has 118 valence electrons. The summed E-state index contributed by atoms with van der Waals surface area (Å²) in [7, 11) is 0. The van der Waals surface area contributed by atoms with Gasteiger partial charge in [0.25, 0.3) is 0 Å². The molecule has 2 N–H and O–H groups in total. The number of carbonyl (C=O) groups is 2. The molecule has 1 spiro atoms. The fourth-order valence-corrected chi connectivity index (χ4v) is 2.89. The molecule has 6 heteroatoms. The van der Waals surface area contributed by atoms with Crippen molar-refractivity contribution in [1.82, 2.24) is 5.32 Å². The minimum absolute atomic E-state index is 0.188. The van der Waals surface area contributed by atoms with Gasteiger partial charge in [-0.1, -0.05) is 18.2 Å². The Morgan fingerprint density at radius 2 is 1.86 bits per heavy atom. The summed E-state index contributed by atoms with van der Waals surface area (Å²) < 4.78 is 11.6. The summed E-state index contributed by atoms with van der Waals surface area (Å²) in [5, 5.41) is 5.14. The first-order chi connectivity index (χ1) is 10.7. The van der Waals surface area contributed by atoms with E-state index in [0.29, 0.717) is 12.3 Å². The Hall–Kier alpha value is -1.92. The summed E-state index contributed by atoms with van der Waals surface area (Å²) in [5.41, 5.74) is 0.591. The summed E-state index contributed by atoms with van der Waals surface area (Å²) in [6.07, 6.45) is 3.85. The molecule has 1 heterocycles. The van der Waals surface area contributed by atoms with Crippen molar-refractivity contribution in [3.05, 3.63) is 30.3 Å². The highest BCUT2D eigenvalue weighted by Crippen LogP contribution is 2.38. The van der Waals surface area contributed by atoms with Crippen LogP contribution in [-0.2, 0) is 19.1 Å². The highest BCUT2D eigenvalue weighted by molar-refractivity contribution is 6.39. The van der Waals surface area contributed by atoms with Crippen LogP contribution >= 0.6 is 0 Å². The second-order valence-corrected chi connectivity index (χ2v) is 5.70. The molecule has 3 rings (SSSR count). The fourth-order valence-electron chi connectivity index (χ4n) is 2.89. The molecule has 0 unspecified atom stereocenters. The van der Waals surface area contributed by atoms with Crippen molar-refractivity contribution in [2.24, 2.45) is 0 Å². The van der Waals surface area contributed by atoms with Crippen molar-refractivity contribution < 1.29 is 19.1 Å².